The molecule has 158 valence electrons. The van der Waals surface area contributed by atoms with E-state index in [0.717, 1.165) is 36.3 Å². The summed E-state index contributed by atoms with van der Waals surface area (Å²) in [6.45, 7) is 5.88. The number of carbonyl (C=O) groups excluding carboxylic acids is 1. The molecule has 0 saturated carbocycles. The number of nitrogens with one attached hydrogen (secondary N) is 1. The Morgan fingerprint density at radius 3 is 2.93 bits per heavy atom. The molecule has 1 aliphatic carbocycles. The molecule has 0 bridgehead atoms. The topological polar surface area (TPSA) is 59.8 Å². The first-order chi connectivity index (χ1) is 14.7. The number of nitrogens with zero attached hydrogens (tertiary/aromatic N) is 3. The number of thiophene rings is 1. The van der Waals surface area contributed by atoms with Gasteiger partial charge in [0, 0.05) is 28.9 Å². The van der Waals surface area contributed by atoms with Crippen LogP contribution < -0.4 is 5.32 Å². The van der Waals surface area contributed by atoms with Gasteiger partial charge in [-0.25, -0.2) is 0 Å². The van der Waals surface area contributed by atoms with Gasteiger partial charge in [-0.05, 0) is 49.7 Å². The maximum atomic E-state index is 12.3. The average Bonchev–Trinajstić information content (AvgIpc) is 3.35. The minimum absolute atomic E-state index is 0.0324. The van der Waals surface area contributed by atoms with Gasteiger partial charge in [-0.15, -0.1) is 21.5 Å². The van der Waals surface area contributed by atoms with E-state index in [0.29, 0.717) is 12.3 Å². The Labute approximate surface area is 186 Å². The van der Waals surface area contributed by atoms with Crippen LogP contribution in [0.4, 0.5) is 0 Å². The molecule has 1 aromatic carbocycles. The predicted octanol–water partition coefficient (Wildman–Crippen LogP) is 4.60. The molecule has 0 radical (unpaired) electrons. The Hall–Kier alpha value is -2.12. The summed E-state index contributed by atoms with van der Waals surface area (Å²) in [7, 11) is 0. The van der Waals surface area contributed by atoms with Gasteiger partial charge in [0.2, 0.25) is 5.91 Å². The average molecular weight is 441 g/mol. The van der Waals surface area contributed by atoms with Crippen LogP contribution in [-0.4, -0.2) is 33.0 Å². The molecule has 3 aromatic rings. The zero-order valence-electron chi connectivity index (χ0n) is 17.6. The molecular weight excluding hydrogens is 412 g/mol. The highest BCUT2D eigenvalue weighted by Crippen LogP contribution is 2.38. The van der Waals surface area contributed by atoms with E-state index < -0.39 is 0 Å². The van der Waals surface area contributed by atoms with Gasteiger partial charge in [0.05, 0.1) is 5.75 Å². The first-order valence-electron chi connectivity index (χ1n) is 10.6. The standard InChI is InChI=1S/C23H28N4OS2/c1-3-27-22(19-14-29-20-13-16(2)9-10-18(19)20)25-26-23(27)30-15-21(28)24-12-11-17-7-5-4-6-8-17/h4-8,14,16H,3,9-13,15H2,1-2H3,(H,24,28). The number of carbonyl (C=O) groups is 1. The smallest absolute Gasteiger partial charge is 0.230 e. The molecule has 0 aliphatic heterocycles. The molecule has 0 saturated heterocycles. The molecule has 4 rings (SSSR count). The third-order valence-electron chi connectivity index (χ3n) is 5.59. The number of amides is 1. The SMILES string of the molecule is CCn1c(SCC(=O)NCCc2ccccc2)nnc1-c1csc2c1CCC(C)C2. The largest absolute Gasteiger partial charge is 0.355 e. The lowest BCUT2D eigenvalue weighted by Crippen LogP contribution is -2.27. The molecule has 2 heterocycles. The van der Waals surface area contributed by atoms with Gasteiger partial charge in [0.1, 0.15) is 0 Å². The van der Waals surface area contributed by atoms with Crippen molar-refractivity contribution in [2.45, 2.75) is 51.2 Å². The second-order valence-electron chi connectivity index (χ2n) is 7.82. The first kappa shape index (κ1) is 21.1. The summed E-state index contributed by atoms with van der Waals surface area (Å²) in [4.78, 5) is 13.8. The van der Waals surface area contributed by atoms with E-state index in [1.807, 2.05) is 29.5 Å². The Morgan fingerprint density at radius 2 is 2.13 bits per heavy atom. The fourth-order valence-corrected chi connectivity index (χ4v) is 5.99. The van der Waals surface area contributed by atoms with Crippen LogP contribution in [0, 0.1) is 5.92 Å². The highest BCUT2D eigenvalue weighted by atomic mass is 32.2. The van der Waals surface area contributed by atoms with Gasteiger partial charge in [-0.2, -0.15) is 0 Å². The molecule has 5 nitrogen and oxygen atoms in total. The molecule has 30 heavy (non-hydrogen) atoms. The van der Waals surface area contributed by atoms with Crippen molar-refractivity contribution in [3.8, 4) is 11.4 Å². The fraction of sp³-hybridized carbons (Fsp3) is 0.435. The van der Waals surface area contributed by atoms with E-state index in [9.17, 15) is 4.79 Å². The molecule has 0 fully saturated rings. The van der Waals surface area contributed by atoms with Crippen LogP contribution in [0.1, 0.15) is 36.3 Å². The van der Waals surface area contributed by atoms with Gasteiger partial charge in [0.15, 0.2) is 11.0 Å². The van der Waals surface area contributed by atoms with E-state index in [-0.39, 0.29) is 5.91 Å². The lowest BCUT2D eigenvalue weighted by atomic mass is 9.88. The third kappa shape index (κ3) is 4.78. The summed E-state index contributed by atoms with van der Waals surface area (Å²) in [5, 5.41) is 15.0. The molecule has 1 aliphatic rings. The molecule has 2 aromatic heterocycles. The van der Waals surface area contributed by atoms with E-state index >= 15 is 0 Å². The van der Waals surface area contributed by atoms with Gasteiger partial charge in [-0.3, -0.25) is 4.79 Å². The predicted molar refractivity (Wildman–Crippen MR) is 124 cm³/mol. The third-order valence-corrected chi connectivity index (χ3v) is 7.60. The van der Waals surface area contributed by atoms with Gasteiger partial charge < -0.3 is 9.88 Å². The Balaban J connectivity index is 1.37. The van der Waals surface area contributed by atoms with Crippen LogP contribution in [0.15, 0.2) is 40.9 Å². The summed E-state index contributed by atoms with van der Waals surface area (Å²) in [5.41, 5.74) is 3.92. The number of hydrogen-bond acceptors (Lipinski definition) is 5. The number of rotatable bonds is 8. The second kappa shape index (κ2) is 9.79. The highest BCUT2D eigenvalue weighted by Gasteiger charge is 2.24. The van der Waals surface area contributed by atoms with E-state index in [2.05, 4.69) is 51.4 Å². The zero-order chi connectivity index (χ0) is 20.9. The van der Waals surface area contributed by atoms with E-state index in [1.54, 1.807) is 0 Å². The Kier molecular flexibility index (Phi) is 6.89. The number of benzene rings is 1. The monoisotopic (exact) mass is 440 g/mol. The van der Waals surface area contributed by atoms with Gasteiger partial charge in [-0.1, -0.05) is 49.0 Å². The summed E-state index contributed by atoms with van der Waals surface area (Å²) in [6.07, 6.45) is 4.37. The number of thioether (sulfide) groups is 1. The van der Waals surface area contributed by atoms with Crippen molar-refractivity contribution < 1.29 is 4.79 Å². The molecule has 1 amide bonds. The molecular formula is C23H28N4OS2. The minimum Gasteiger partial charge on any atom is -0.355 e. The van der Waals surface area contributed by atoms with Crippen LogP contribution in [0.2, 0.25) is 0 Å². The van der Waals surface area contributed by atoms with Crippen molar-refractivity contribution in [2.75, 3.05) is 12.3 Å². The van der Waals surface area contributed by atoms with Gasteiger partial charge in [0.25, 0.3) is 0 Å². The number of aromatic nitrogens is 3. The normalized spacial score (nSPS) is 15.7. The summed E-state index contributed by atoms with van der Waals surface area (Å²) in [5.74, 6) is 2.09. The lowest BCUT2D eigenvalue weighted by Gasteiger charge is -2.19. The van der Waals surface area contributed by atoms with E-state index in [1.165, 1.54) is 46.2 Å². The zero-order valence-corrected chi connectivity index (χ0v) is 19.2. The van der Waals surface area contributed by atoms with Crippen LogP contribution >= 0.6 is 23.1 Å². The Morgan fingerprint density at radius 1 is 1.30 bits per heavy atom. The summed E-state index contributed by atoms with van der Waals surface area (Å²) >= 11 is 3.32. The summed E-state index contributed by atoms with van der Waals surface area (Å²) in [6, 6.07) is 10.2. The molecule has 0 spiro atoms. The lowest BCUT2D eigenvalue weighted by molar-refractivity contribution is -0.118. The van der Waals surface area contributed by atoms with Crippen molar-refractivity contribution in [2.24, 2.45) is 5.92 Å². The maximum Gasteiger partial charge on any atom is 0.230 e. The minimum atomic E-state index is 0.0324. The van der Waals surface area contributed by atoms with Crippen molar-refractivity contribution in [1.29, 1.82) is 0 Å². The van der Waals surface area contributed by atoms with Crippen LogP contribution in [0.5, 0.6) is 0 Å². The van der Waals surface area contributed by atoms with Crippen molar-refractivity contribution in [1.82, 2.24) is 20.1 Å². The van der Waals surface area contributed by atoms with Gasteiger partial charge >= 0.3 is 0 Å². The van der Waals surface area contributed by atoms with Crippen LogP contribution in [-0.2, 0) is 30.6 Å². The van der Waals surface area contributed by atoms with Crippen LogP contribution in [0.3, 0.4) is 0 Å². The summed E-state index contributed by atoms with van der Waals surface area (Å²) < 4.78 is 2.14. The van der Waals surface area contributed by atoms with Crippen molar-refractivity contribution in [3.63, 3.8) is 0 Å². The number of fused-ring (bicyclic) bond motifs is 1. The molecule has 1 atom stereocenters. The van der Waals surface area contributed by atoms with Crippen molar-refractivity contribution in [3.05, 3.63) is 51.7 Å². The molecule has 1 N–H and O–H groups in total. The Bertz CT molecular complexity index is 996. The fourth-order valence-electron chi connectivity index (χ4n) is 3.92. The van der Waals surface area contributed by atoms with Crippen LogP contribution in [0.25, 0.3) is 11.4 Å². The first-order valence-corrected chi connectivity index (χ1v) is 12.5. The maximum absolute atomic E-state index is 12.3. The van der Waals surface area contributed by atoms with E-state index in [4.69, 9.17) is 0 Å². The second-order valence-corrected chi connectivity index (χ2v) is 9.73. The highest BCUT2D eigenvalue weighted by molar-refractivity contribution is 7.99. The number of hydrogen-bond donors (Lipinski definition) is 1. The van der Waals surface area contributed by atoms with Crippen molar-refractivity contribution >= 4 is 29.0 Å². The quantitative estimate of drug-likeness (QED) is 0.520. The molecule has 7 heteroatoms. The molecule has 1 unspecified atom stereocenters.